The summed E-state index contributed by atoms with van der Waals surface area (Å²) >= 11 is 6.09. The lowest BCUT2D eigenvalue weighted by atomic mass is 10.1. The summed E-state index contributed by atoms with van der Waals surface area (Å²) in [6, 6.07) is 3.68. The molecular formula is C15H24ClNO3. The topological polar surface area (TPSA) is 53.7 Å². The van der Waals surface area contributed by atoms with Crippen molar-refractivity contribution in [1.29, 1.82) is 0 Å². The maximum Gasteiger partial charge on any atom is 0.164 e. The van der Waals surface area contributed by atoms with E-state index in [0.717, 1.165) is 30.8 Å². The van der Waals surface area contributed by atoms with E-state index in [1.165, 1.54) is 0 Å². The molecule has 0 saturated heterocycles. The van der Waals surface area contributed by atoms with E-state index < -0.39 is 0 Å². The fraction of sp³-hybridized carbons (Fsp3) is 0.600. The van der Waals surface area contributed by atoms with Crippen LogP contribution in [0.4, 0.5) is 0 Å². The third-order valence-electron chi connectivity index (χ3n) is 2.85. The largest absolute Gasteiger partial charge is 0.493 e. The lowest BCUT2D eigenvalue weighted by Crippen LogP contribution is -2.18. The number of nitrogens with two attached hydrogens (primary N) is 1. The highest BCUT2D eigenvalue weighted by Gasteiger charge is 2.14. The Morgan fingerprint density at radius 3 is 2.50 bits per heavy atom. The molecule has 0 heterocycles. The average Bonchev–Trinajstić information content (AvgIpc) is 2.39. The summed E-state index contributed by atoms with van der Waals surface area (Å²) in [7, 11) is 3.31. The van der Waals surface area contributed by atoms with Gasteiger partial charge < -0.3 is 19.9 Å². The first-order chi connectivity index (χ1) is 9.58. The summed E-state index contributed by atoms with van der Waals surface area (Å²) in [5.74, 6) is 1.39. The molecule has 0 bridgehead atoms. The summed E-state index contributed by atoms with van der Waals surface area (Å²) < 4.78 is 16.2. The molecule has 1 atom stereocenters. The number of hydrogen-bond donors (Lipinski definition) is 1. The van der Waals surface area contributed by atoms with Crippen molar-refractivity contribution in [2.45, 2.75) is 32.2 Å². The lowest BCUT2D eigenvalue weighted by molar-refractivity contribution is 0.183. The molecule has 1 rings (SSSR count). The van der Waals surface area contributed by atoms with Crippen molar-refractivity contribution in [2.75, 3.05) is 27.4 Å². The fourth-order valence-electron chi connectivity index (χ4n) is 1.96. The van der Waals surface area contributed by atoms with Crippen LogP contribution in [0, 0.1) is 0 Å². The van der Waals surface area contributed by atoms with Gasteiger partial charge in [-0.2, -0.15) is 0 Å². The van der Waals surface area contributed by atoms with Gasteiger partial charge in [-0.05, 0) is 32.3 Å². The maximum atomic E-state index is 6.09. The van der Waals surface area contributed by atoms with E-state index in [4.69, 9.17) is 31.5 Å². The molecule has 2 N–H and O–H groups in total. The van der Waals surface area contributed by atoms with Gasteiger partial charge in [-0.3, -0.25) is 0 Å². The predicted molar refractivity (Wildman–Crippen MR) is 82.0 cm³/mol. The summed E-state index contributed by atoms with van der Waals surface area (Å²) in [6.45, 7) is 3.32. The standard InChI is InChI=1S/C15H24ClNO3/c1-11(17)8-12-9-13(16)10-14(19-3)15(12)20-7-5-4-6-18-2/h9-11H,4-8,17H2,1-3H3. The van der Waals surface area contributed by atoms with E-state index in [1.54, 1.807) is 20.3 Å². The van der Waals surface area contributed by atoms with Gasteiger partial charge in [-0.25, -0.2) is 0 Å². The first-order valence-corrected chi connectivity index (χ1v) is 7.20. The van der Waals surface area contributed by atoms with Gasteiger partial charge in [-0.1, -0.05) is 11.6 Å². The SMILES string of the molecule is COCCCCOc1c(CC(C)N)cc(Cl)cc1OC. The molecule has 0 aliphatic heterocycles. The fourth-order valence-corrected chi connectivity index (χ4v) is 2.19. The van der Waals surface area contributed by atoms with E-state index >= 15 is 0 Å². The van der Waals surface area contributed by atoms with Gasteiger partial charge in [0.15, 0.2) is 11.5 Å². The van der Waals surface area contributed by atoms with Gasteiger partial charge in [0.1, 0.15) is 0 Å². The van der Waals surface area contributed by atoms with Crippen LogP contribution in [0.25, 0.3) is 0 Å². The Labute approximate surface area is 126 Å². The Morgan fingerprint density at radius 2 is 1.90 bits per heavy atom. The molecule has 1 aromatic carbocycles. The molecule has 20 heavy (non-hydrogen) atoms. The van der Waals surface area contributed by atoms with Gasteiger partial charge >= 0.3 is 0 Å². The van der Waals surface area contributed by atoms with Crippen molar-refractivity contribution in [1.82, 2.24) is 0 Å². The third kappa shape index (κ3) is 5.57. The molecule has 5 heteroatoms. The third-order valence-corrected chi connectivity index (χ3v) is 3.07. The van der Waals surface area contributed by atoms with Crippen molar-refractivity contribution in [3.63, 3.8) is 0 Å². The molecule has 0 spiro atoms. The minimum Gasteiger partial charge on any atom is -0.493 e. The van der Waals surface area contributed by atoms with Crippen molar-refractivity contribution in [2.24, 2.45) is 5.73 Å². The molecule has 0 radical (unpaired) electrons. The number of ether oxygens (including phenoxy) is 3. The van der Waals surface area contributed by atoms with Crippen LogP contribution in [0.1, 0.15) is 25.3 Å². The Morgan fingerprint density at radius 1 is 1.20 bits per heavy atom. The first-order valence-electron chi connectivity index (χ1n) is 6.82. The van der Waals surface area contributed by atoms with Crippen LogP contribution in [-0.2, 0) is 11.2 Å². The molecule has 0 aromatic heterocycles. The van der Waals surface area contributed by atoms with E-state index in [0.29, 0.717) is 23.8 Å². The Balaban J connectivity index is 2.78. The molecular weight excluding hydrogens is 278 g/mol. The van der Waals surface area contributed by atoms with E-state index in [9.17, 15) is 0 Å². The summed E-state index contributed by atoms with van der Waals surface area (Å²) in [6.07, 6.45) is 2.59. The minimum absolute atomic E-state index is 0.0361. The maximum absolute atomic E-state index is 6.09. The Hall–Kier alpha value is -0.970. The molecule has 0 saturated carbocycles. The zero-order valence-electron chi connectivity index (χ0n) is 12.4. The monoisotopic (exact) mass is 301 g/mol. The van der Waals surface area contributed by atoms with Crippen LogP contribution in [-0.4, -0.2) is 33.5 Å². The van der Waals surface area contributed by atoms with Crippen molar-refractivity contribution >= 4 is 11.6 Å². The number of unbranched alkanes of at least 4 members (excludes halogenated alkanes) is 1. The average molecular weight is 302 g/mol. The van der Waals surface area contributed by atoms with Crippen LogP contribution < -0.4 is 15.2 Å². The molecule has 0 aliphatic carbocycles. The van der Waals surface area contributed by atoms with Crippen LogP contribution >= 0.6 is 11.6 Å². The second-order valence-electron chi connectivity index (χ2n) is 4.83. The summed E-state index contributed by atoms with van der Waals surface area (Å²) in [4.78, 5) is 0. The zero-order valence-corrected chi connectivity index (χ0v) is 13.2. The molecule has 0 fully saturated rings. The van der Waals surface area contributed by atoms with Crippen molar-refractivity contribution in [3.05, 3.63) is 22.7 Å². The highest BCUT2D eigenvalue weighted by atomic mass is 35.5. The zero-order chi connectivity index (χ0) is 15.0. The van der Waals surface area contributed by atoms with Crippen molar-refractivity contribution < 1.29 is 14.2 Å². The Kier molecular flexibility index (Phi) is 7.73. The van der Waals surface area contributed by atoms with Crippen molar-refractivity contribution in [3.8, 4) is 11.5 Å². The van der Waals surface area contributed by atoms with Crippen LogP contribution in [0.15, 0.2) is 12.1 Å². The van der Waals surface area contributed by atoms with Gasteiger partial charge in [0, 0.05) is 36.4 Å². The van der Waals surface area contributed by atoms with E-state index in [2.05, 4.69) is 0 Å². The second-order valence-corrected chi connectivity index (χ2v) is 5.26. The van der Waals surface area contributed by atoms with Crippen LogP contribution in [0.5, 0.6) is 11.5 Å². The molecule has 1 unspecified atom stereocenters. The number of methoxy groups -OCH3 is 2. The van der Waals surface area contributed by atoms with Crippen LogP contribution in [0.3, 0.4) is 0 Å². The highest BCUT2D eigenvalue weighted by Crippen LogP contribution is 2.35. The van der Waals surface area contributed by atoms with Gasteiger partial charge in [0.2, 0.25) is 0 Å². The molecule has 114 valence electrons. The number of benzene rings is 1. The van der Waals surface area contributed by atoms with Gasteiger partial charge in [0.05, 0.1) is 13.7 Å². The number of rotatable bonds is 9. The van der Waals surface area contributed by atoms with E-state index in [-0.39, 0.29) is 6.04 Å². The smallest absolute Gasteiger partial charge is 0.164 e. The van der Waals surface area contributed by atoms with Gasteiger partial charge in [0.25, 0.3) is 0 Å². The second kappa shape index (κ2) is 9.06. The number of hydrogen-bond acceptors (Lipinski definition) is 4. The van der Waals surface area contributed by atoms with Crippen LogP contribution in [0.2, 0.25) is 5.02 Å². The quantitative estimate of drug-likeness (QED) is 0.712. The number of halogens is 1. The van der Waals surface area contributed by atoms with E-state index in [1.807, 2.05) is 13.0 Å². The Bertz CT molecular complexity index is 410. The predicted octanol–water partition coefficient (Wildman–Crippen LogP) is 3.04. The first kappa shape index (κ1) is 17.1. The molecule has 1 aromatic rings. The molecule has 4 nitrogen and oxygen atoms in total. The summed E-state index contributed by atoms with van der Waals surface area (Å²) in [5.41, 5.74) is 6.86. The summed E-state index contributed by atoms with van der Waals surface area (Å²) in [5, 5.41) is 0.629. The molecule has 0 amide bonds. The highest BCUT2D eigenvalue weighted by molar-refractivity contribution is 6.30. The van der Waals surface area contributed by atoms with Gasteiger partial charge in [-0.15, -0.1) is 0 Å². The normalized spacial score (nSPS) is 12.2. The minimum atomic E-state index is 0.0361. The molecule has 0 aliphatic rings. The lowest BCUT2D eigenvalue weighted by Gasteiger charge is -2.17.